The molecule has 0 fully saturated rings. The zero-order chi connectivity index (χ0) is 12.8. The molecule has 0 aromatic carbocycles. The van der Waals surface area contributed by atoms with Crippen LogP contribution in [0.5, 0.6) is 0 Å². The molecule has 2 N–H and O–H groups in total. The van der Waals surface area contributed by atoms with Crippen LogP contribution in [0.2, 0.25) is 0 Å². The zero-order valence-electron chi connectivity index (χ0n) is 9.52. The van der Waals surface area contributed by atoms with Crippen LogP contribution in [-0.4, -0.2) is 22.2 Å². The summed E-state index contributed by atoms with van der Waals surface area (Å²) < 4.78 is 0. The summed E-state index contributed by atoms with van der Waals surface area (Å²) in [5, 5.41) is 16.2. The molecule has 0 heterocycles. The third-order valence-electron chi connectivity index (χ3n) is 1.60. The molecule has 0 atom stereocenters. The summed E-state index contributed by atoms with van der Waals surface area (Å²) in [6, 6.07) is 0. The Hall–Kier alpha value is -1.58. The second-order valence-corrected chi connectivity index (χ2v) is 3.15. The Morgan fingerprint density at radius 1 is 0.875 bits per heavy atom. The average molecular weight is 228 g/mol. The van der Waals surface area contributed by atoms with Crippen LogP contribution < -0.4 is 0 Å². The van der Waals surface area contributed by atoms with Gasteiger partial charge in [0, 0.05) is 12.8 Å². The van der Waals surface area contributed by atoms with Gasteiger partial charge in [0.25, 0.3) is 0 Å². The Kier molecular flexibility index (Phi) is 14.1. The molecule has 4 nitrogen and oxygen atoms in total. The summed E-state index contributed by atoms with van der Waals surface area (Å²) in [6.07, 6.45) is 6.97. The number of allylic oxidation sites excluding steroid dienone is 2. The molecule has 0 radical (unpaired) electrons. The molecule has 0 aliphatic heterocycles. The number of aliphatic carboxylic acids is 2. The Labute approximate surface area is 96.3 Å². The number of unbranched alkanes of at least 4 members (excludes halogenated alkanes) is 2. The van der Waals surface area contributed by atoms with Gasteiger partial charge in [-0.1, -0.05) is 12.2 Å². The summed E-state index contributed by atoms with van der Waals surface area (Å²) >= 11 is 0. The highest BCUT2D eigenvalue weighted by atomic mass is 16.4. The van der Waals surface area contributed by atoms with Crippen molar-refractivity contribution in [1.82, 2.24) is 0 Å². The fourth-order valence-corrected chi connectivity index (χ4v) is 0.795. The standard InChI is InChI=1S/2C6H10O2/c2*1-2-3-4-5-6(7)8/h2*2H,1,3-5H2,(H,7,8). The van der Waals surface area contributed by atoms with E-state index in [1.807, 2.05) is 0 Å². The van der Waals surface area contributed by atoms with Crippen molar-refractivity contribution in [1.29, 1.82) is 0 Å². The predicted octanol–water partition coefficient (Wildman–Crippen LogP) is 2.85. The first-order chi connectivity index (χ1) is 7.54. The summed E-state index contributed by atoms with van der Waals surface area (Å²) in [5.74, 6) is -1.46. The van der Waals surface area contributed by atoms with Crippen LogP contribution in [0.15, 0.2) is 25.3 Å². The first-order valence-electron chi connectivity index (χ1n) is 5.20. The molecule has 0 saturated heterocycles. The maximum atomic E-state index is 9.84. The van der Waals surface area contributed by atoms with Crippen molar-refractivity contribution in [2.45, 2.75) is 38.5 Å². The molecule has 0 amide bonds. The van der Waals surface area contributed by atoms with Crippen molar-refractivity contribution < 1.29 is 19.8 Å². The molecule has 16 heavy (non-hydrogen) atoms. The maximum Gasteiger partial charge on any atom is 0.303 e. The minimum Gasteiger partial charge on any atom is -0.481 e. The smallest absolute Gasteiger partial charge is 0.303 e. The molecule has 92 valence electrons. The number of rotatable bonds is 8. The molecule has 0 spiro atoms. The van der Waals surface area contributed by atoms with Gasteiger partial charge < -0.3 is 10.2 Å². The van der Waals surface area contributed by atoms with E-state index >= 15 is 0 Å². The number of hydrogen-bond acceptors (Lipinski definition) is 2. The van der Waals surface area contributed by atoms with Crippen molar-refractivity contribution in [2.24, 2.45) is 0 Å². The van der Waals surface area contributed by atoms with E-state index in [0.29, 0.717) is 12.8 Å². The highest BCUT2D eigenvalue weighted by Gasteiger charge is 1.92. The third-order valence-corrected chi connectivity index (χ3v) is 1.60. The van der Waals surface area contributed by atoms with Gasteiger partial charge in [0.1, 0.15) is 0 Å². The number of hydrogen-bond donors (Lipinski definition) is 2. The Morgan fingerprint density at radius 2 is 1.19 bits per heavy atom. The Balaban J connectivity index is 0. The highest BCUT2D eigenvalue weighted by molar-refractivity contribution is 5.66. The summed E-state index contributed by atoms with van der Waals surface area (Å²) in [7, 11) is 0. The van der Waals surface area contributed by atoms with Gasteiger partial charge in [0.2, 0.25) is 0 Å². The molecular weight excluding hydrogens is 208 g/mol. The van der Waals surface area contributed by atoms with Gasteiger partial charge in [0.05, 0.1) is 0 Å². The van der Waals surface area contributed by atoms with Gasteiger partial charge in [-0.2, -0.15) is 0 Å². The predicted molar refractivity (Wildman–Crippen MR) is 63.4 cm³/mol. The molecule has 0 aromatic rings. The fraction of sp³-hybridized carbons (Fsp3) is 0.500. The van der Waals surface area contributed by atoms with Crippen molar-refractivity contribution in [3.05, 3.63) is 25.3 Å². The lowest BCUT2D eigenvalue weighted by Crippen LogP contribution is -1.92. The number of carboxylic acids is 2. The fourth-order valence-electron chi connectivity index (χ4n) is 0.795. The molecule has 0 rings (SSSR count). The lowest BCUT2D eigenvalue weighted by atomic mass is 10.2. The molecule has 0 unspecified atom stereocenters. The number of carbonyl (C=O) groups is 2. The largest absolute Gasteiger partial charge is 0.481 e. The van der Waals surface area contributed by atoms with Crippen molar-refractivity contribution in [2.75, 3.05) is 0 Å². The number of carboxylic acid groups (broad SMARTS) is 2. The molecular formula is C12H20O4. The minimum absolute atomic E-state index is 0.256. The lowest BCUT2D eigenvalue weighted by molar-refractivity contribution is -0.138. The SMILES string of the molecule is C=CCCCC(=O)O.C=CCCCC(=O)O. The van der Waals surface area contributed by atoms with Crippen LogP contribution in [0.4, 0.5) is 0 Å². The van der Waals surface area contributed by atoms with Crippen LogP contribution in [0.3, 0.4) is 0 Å². The summed E-state index contributed by atoms with van der Waals surface area (Å²) in [6.45, 7) is 6.93. The third kappa shape index (κ3) is 22.8. The van der Waals surface area contributed by atoms with Gasteiger partial charge in [0.15, 0.2) is 0 Å². The van der Waals surface area contributed by atoms with E-state index in [4.69, 9.17) is 10.2 Å². The topological polar surface area (TPSA) is 74.6 Å². The van der Waals surface area contributed by atoms with E-state index < -0.39 is 11.9 Å². The summed E-state index contributed by atoms with van der Waals surface area (Å²) in [5.41, 5.74) is 0. The van der Waals surface area contributed by atoms with E-state index in [2.05, 4.69) is 13.2 Å². The van der Waals surface area contributed by atoms with Gasteiger partial charge in [-0.05, 0) is 25.7 Å². The van der Waals surface area contributed by atoms with Crippen LogP contribution >= 0.6 is 0 Å². The molecule has 0 aromatic heterocycles. The van der Waals surface area contributed by atoms with Crippen LogP contribution in [0, 0.1) is 0 Å². The van der Waals surface area contributed by atoms with E-state index in [0.717, 1.165) is 12.8 Å². The first kappa shape index (κ1) is 16.8. The Morgan fingerprint density at radius 3 is 1.38 bits per heavy atom. The van der Waals surface area contributed by atoms with Gasteiger partial charge >= 0.3 is 11.9 Å². The maximum absolute atomic E-state index is 9.84. The lowest BCUT2D eigenvalue weighted by Gasteiger charge is -1.87. The summed E-state index contributed by atoms with van der Waals surface area (Å²) in [4.78, 5) is 19.7. The molecule has 0 saturated carbocycles. The molecule has 0 aliphatic carbocycles. The van der Waals surface area contributed by atoms with Gasteiger partial charge in [-0.15, -0.1) is 13.2 Å². The average Bonchev–Trinajstić information content (AvgIpc) is 2.18. The minimum atomic E-state index is -0.730. The first-order valence-corrected chi connectivity index (χ1v) is 5.20. The molecule has 4 heteroatoms. The molecule has 0 aliphatic rings. The molecule has 0 bridgehead atoms. The Bertz CT molecular complexity index is 197. The van der Waals surface area contributed by atoms with E-state index in [1.54, 1.807) is 12.2 Å². The van der Waals surface area contributed by atoms with Crippen molar-refractivity contribution >= 4 is 11.9 Å². The second-order valence-electron chi connectivity index (χ2n) is 3.15. The van der Waals surface area contributed by atoms with Crippen LogP contribution in [-0.2, 0) is 9.59 Å². The second kappa shape index (κ2) is 13.4. The van der Waals surface area contributed by atoms with Crippen molar-refractivity contribution in [3.8, 4) is 0 Å². The van der Waals surface area contributed by atoms with E-state index in [1.165, 1.54) is 0 Å². The quantitative estimate of drug-likeness (QED) is 0.495. The van der Waals surface area contributed by atoms with E-state index in [9.17, 15) is 9.59 Å². The monoisotopic (exact) mass is 228 g/mol. The van der Waals surface area contributed by atoms with E-state index in [-0.39, 0.29) is 12.8 Å². The zero-order valence-corrected chi connectivity index (χ0v) is 9.52. The van der Waals surface area contributed by atoms with Crippen LogP contribution in [0.1, 0.15) is 38.5 Å². The van der Waals surface area contributed by atoms with Gasteiger partial charge in [-0.25, -0.2) is 0 Å². The van der Waals surface area contributed by atoms with Crippen molar-refractivity contribution in [3.63, 3.8) is 0 Å². The van der Waals surface area contributed by atoms with Crippen LogP contribution in [0.25, 0.3) is 0 Å². The van der Waals surface area contributed by atoms with Gasteiger partial charge in [-0.3, -0.25) is 9.59 Å². The highest BCUT2D eigenvalue weighted by Crippen LogP contribution is 1.94. The normalized spacial score (nSPS) is 8.50.